The van der Waals surface area contributed by atoms with Gasteiger partial charge >= 0.3 is 0 Å². The smallest absolute Gasteiger partial charge is 0.233 e. The Morgan fingerprint density at radius 1 is 1.21 bits per heavy atom. The van der Waals surface area contributed by atoms with E-state index in [1.807, 2.05) is 0 Å². The Balaban J connectivity index is 3.10. The number of hydrogen-bond acceptors (Lipinski definition) is 1. The lowest BCUT2D eigenvalue weighted by Crippen LogP contribution is -2.37. The Morgan fingerprint density at radius 3 is 1.64 bits per heavy atom. The highest BCUT2D eigenvalue weighted by Crippen LogP contribution is 2.68. The third-order valence-electron chi connectivity index (χ3n) is 3.33. The van der Waals surface area contributed by atoms with E-state index in [9.17, 15) is 4.79 Å². The molecule has 0 bridgehead atoms. The summed E-state index contributed by atoms with van der Waals surface area (Å²) < 4.78 is 0. The van der Waals surface area contributed by atoms with Crippen molar-refractivity contribution in [2.45, 2.75) is 51.4 Å². The van der Waals surface area contributed by atoms with E-state index in [1.54, 1.807) is 0 Å². The molecule has 1 aliphatic carbocycles. The molecule has 0 atom stereocenters. The maximum Gasteiger partial charge on any atom is 0.233 e. The van der Waals surface area contributed by atoms with E-state index in [1.165, 1.54) is 11.1 Å². The maximum absolute atomic E-state index is 11.7. The Labute approximate surface area is 92.5 Å². The second-order valence-corrected chi connectivity index (χ2v) is 10.5. The standard InChI is InChI=1S/C11H19ClOSi/c1-6-8-9(7-2)11(8,10(12)13)14(3,4)5/h6-7H2,1-5H3. The molecule has 1 aliphatic rings. The van der Waals surface area contributed by atoms with Crippen LogP contribution < -0.4 is 0 Å². The van der Waals surface area contributed by atoms with Crippen molar-refractivity contribution >= 4 is 24.9 Å². The van der Waals surface area contributed by atoms with Gasteiger partial charge in [-0.2, -0.15) is 0 Å². The second-order valence-electron chi connectivity index (χ2n) is 4.94. The molecule has 0 fully saturated rings. The fourth-order valence-corrected chi connectivity index (χ4v) is 6.86. The van der Waals surface area contributed by atoms with E-state index in [0.29, 0.717) is 0 Å². The lowest BCUT2D eigenvalue weighted by atomic mass is 10.2. The predicted molar refractivity (Wildman–Crippen MR) is 64.5 cm³/mol. The number of halogens is 1. The monoisotopic (exact) mass is 230 g/mol. The van der Waals surface area contributed by atoms with Gasteiger partial charge in [-0.25, -0.2) is 0 Å². The summed E-state index contributed by atoms with van der Waals surface area (Å²) in [4.78, 5) is 11.7. The van der Waals surface area contributed by atoms with Crippen LogP contribution in [0.3, 0.4) is 0 Å². The van der Waals surface area contributed by atoms with Crippen LogP contribution in [0.2, 0.25) is 24.7 Å². The quantitative estimate of drug-likeness (QED) is 0.406. The van der Waals surface area contributed by atoms with Gasteiger partial charge in [0.2, 0.25) is 5.24 Å². The van der Waals surface area contributed by atoms with E-state index in [2.05, 4.69) is 33.5 Å². The Bertz CT molecular complexity index is 285. The normalized spacial score (nSPS) is 19.9. The number of rotatable bonds is 4. The fraction of sp³-hybridized carbons (Fsp3) is 0.727. The summed E-state index contributed by atoms with van der Waals surface area (Å²) in [6.45, 7) is 10.9. The van der Waals surface area contributed by atoms with E-state index in [0.717, 1.165) is 12.8 Å². The molecule has 0 aromatic heterocycles. The highest BCUT2D eigenvalue weighted by atomic mass is 35.5. The van der Waals surface area contributed by atoms with Crippen LogP contribution in [0, 0.1) is 0 Å². The van der Waals surface area contributed by atoms with Crippen molar-refractivity contribution in [3.8, 4) is 0 Å². The first-order valence-electron chi connectivity index (χ1n) is 5.26. The lowest BCUT2D eigenvalue weighted by molar-refractivity contribution is -0.112. The van der Waals surface area contributed by atoms with E-state index < -0.39 is 8.07 Å². The minimum absolute atomic E-state index is 0.134. The van der Waals surface area contributed by atoms with Gasteiger partial charge in [0, 0.05) is 0 Å². The van der Waals surface area contributed by atoms with Crippen LogP contribution in [0.15, 0.2) is 11.1 Å². The number of carbonyl (C=O) groups excluding carboxylic acids is 1. The van der Waals surface area contributed by atoms with Crippen LogP contribution >= 0.6 is 11.6 Å². The molecule has 1 nitrogen and oxygen atoms in total. The van der Waals surface area contributed by atoms with Crippen molar-refractivity contribution in [1.29, 1.82) is 0 Å². The minimum atomic E-state index is -1.56. The van der Waals surface area contributed by atoms with E-state index >= 15 is 0 Å². The van der Waals surface area contributed by atoms with Crippen molar-refractivity contribution in [3.63, 3.8) is 0 Å². The molecule has 80 valence electrons. The van der Waals surface area contributed by atoms with Gasteiger partial charge in [-0.15, -0.1) is 0 Å². The second kappa shape index (κ2) is 3.49. The molecular formula is C11H19ClOSi. The Morgan fingerprint density at radius 2 is 1.57 bits per heavy atom. The van der Waals surface area contributed by atoms with Crippen LogP contribution in [0.4, 0.5) is 0 Å². The zero-order valence-electron chi connectivity index (χ0n) is 9.70. The molecule has 0 amide bonds. The third kappa shape index (κ3) is 1.31. The summed E-state index contributed by atoms with van der Waals surface area (Å²) in [5, 5.41) is -0.414. The van der Waals surface area contributed by atoms with Gasteiger partial charge < -0.3 is 0 Å². The summed E-state index contributed by atoms with van der Waals surface area (Å²) in [7, 11) is -1.56. The Kier molecular flexibility index (Phi) is 2.99. The van der Waals surface area contributed by atoms with Crippen LogP contribution in [0.1, 0.15) is 26.7 Å². The van der Waals surface area contributed by atoms with Gasteiger partial charge in [-0.1, -0.05) is 44.6 Å². The largest absolute Gasteiger partial charge is 0.280 e. The molecule has 0 spiro atoms. The van der Waals surface area contributed by atoms with Gasteiger partial charge in [0.15, 0.2) is 0 Å². The first-order chi connectivity index (χ1) is 6.33. The highest BCUT2D eigenvalue weighted by molar-refractivity contribution is 6.91. The molecule has 3 heteroatoms. The zero-order chi connectivity index (χ0) is 11.1. The number of hydrogen-bond donors (Lipinski definition) is 0. The molecule has 0 aromatic carbocycles. The van der Waals surface area contributed by atoms with Crippen molar-refractivity contribution in [2.75, 3.05) is 0 Å². The molecular weight excluding hydrogens is 212 g/mol. The first-order valence-corrected chi connectivity index (χ1v) is 9.14. The van der Waals surface area contributed by atoms with Crippen molar-refractivity contribution in [2.24, 2.45) is 0 Å². The summed E-state index contributed by atoms with van der Waals surface area (Å²) in [5.74, 6) is 0. The zero-order valence-corrected chi connectivity index (χ0v) is 11.5. The summed E-state index contributed by atoms with van der Waals surface area (Å²) in [6, 6.07) is 0. The van der Waals surface area contributed by atoms with Crippen molar-refractivity contribution in [3.05, 3.63) is 11.1 Å². The summed E-state index contributed by atoms with van der Waals surface area (Å²) >= 11 is 5.82. The SMILES string of the molecule is CCC1=C(CC)C1(C(=O)Cl)[Si](C)(C)C. The summed E-state index contributed by atoms with van der Waals surface area (Å²) in [5.41, 5.74) is 2.67. The molecule has 0 unspecified atom stereocenters. The predicted octanol–water partition coefficient (Wildman–Crippen LogP) is 3.96. The lowest BCUT2D eigenvalue weighted by Gasteiger charge is -2.29. The van der Waals surface area contributed by atoms with E-state index in [4.69, 9.17) is 11.6 Å². The third-order valence-corrected chi connectivity index (χ3v) is 6.86. The molecule has 0 radical (unpaired) electrons. The van der Waals surface area contributed by atoms with Crippen LogP contribution in [0.25, 0.3) is 0 Å². The first kappa shape index (κ1) is 12.0. The molecule has 0 aromatic rings. The molecule has 0 aliphatic heterocycles. The van der Waals surface area contributed by atoms with Gasteiger partial charge in [-0.05, 0) is 24.4 Å². The van der Waals surface area contributed by atoms with Crippen LogP contribution in [-0.2, 0) is 4.79 Å². The van der Waals surface area contributed by atoms with Crippen molar-refractivity contribution < 1.29 is 4.79 Å². The molecule has 0 saturated heterocycles. The number of carbonyl (C=O) groups is 1. The maximum atomic E-state index is 11.7. The average molecular weight is 231 g/mol. The van der Waals surface area contributed by atoms with E-state index in [-0.39, 0.29) is 10.3 Å². The fourth-order valence-electron chi connectivity index (χ4n) is 2.78. The molecule has 14 heavy (non-hydrogen) atoms. The van der Waals surface area contributed by atoms with Crippen molar-refractivity contribution in [1.82, 2.24) is 0 Å². The molecule has 0 heterocycles. The van der Waals surface area contributed by atoms with Gasteiger partial charge in [-0.3, -0.25) is 4.79 Å². The molecule has 1 rings (SSSR count). The average Bonchev–Trinajstić information content (AvgIpc) is 2.71. The minimum Gasteiger partial charge on any atom is -0.280 e. The van der Waals surface area contributed by atoms with Gasteiger partial charge in [0.1, 0.15) is 0 Å². The van der Waals surface area contributed by atoms with Gasteiger partial charge in [0.05, 0.1) is 13.1 Å². The number of allylic oxidation sites excluding steroid dienone is 2. The molecule has 0 saturated carbocycles. The summed E-state index contributed by atoms with van der Waals surface area (Å²) in [6.07, 6.45) is 1.96. The Hall–Kier alpha value is -0.0831. The van der Waals surface area contributed by atoms with Crippen LogP contribution in [0.5, 0.6) is 0 Å². The topological polar surface area (TPSA) is 17.1 Å². The van der Waals surface area contributed by atoms with Crippen LogP contribution in [-0.4, -0.2) is 13.3 Å². The molecule has 0 N–H and O–H groups in total. The highest BCUT2D eigenvalue weighted by Gasteiger charge is 2.63. The van der Waals surface area contributed by atoms with Gasteiger partial charge in [0.25, 0.3) is 0 Å².